The largest absolute Gasteiger partial charge is 0.321 e. The lowest BCUT2D eigenvalue weighted by Gasteiger charge is -2.07. The molecule has 1 aromatic carbocycles. The first-order valence-electron chi connectivity index (χ1n) is 7.68. The standard InChI is InChI=1S/C18H18ClN3OS/c1-12(2)14-3-5-16(6-4-14)21-18(23)17-7-13(11-24-17)9-22-10-15(19)8-20-22/h3-8,10-12H,9H2,1-2H3,(H,21,23). The number of benzene rings is 1. The molecule has 0 atom stereocenters. The summed E-state index contributed by atoms with van der Waals surface area (Å²) >= 11 is 7.28. The molecule has 0 spiro atoms. The van der Waals surface area contributed by atoms with Crippen molar-refractivity contribution in [3.05, 3.63) is 69.1 Å². The number of hydrogen-bond acceptors (Lipinski definition) is 3. The lowest BCUT2D eigenvalue weighted by molar-refractivity contribution is 0.103. The van der Waals surface area contributed by atoms with Crippen LogP contribution < -0.4 is 5.32 Å². The number of nitrogens with zero attached hydrogens (tertiary/aromatic N) is 2. The molecule has 6 heteroatoms. The summed E-state index contributed by atoms with van der Waals surface area (Å²) in [6.45, 7) is 4.89. The van der Waals surface area contributed by atoms with Crippen LogP contribution in [0.15, 0.2) is 48.1 Å². The third kappa shape index (κ3) is 4.04. The van der Waals surface area contributed by atoms with Crippen LogP contribution in [0.25, 0.3) is 0 Å². The maximum Gasteiger partial charge on any atom is 0.265 e. The van der Waals surface area contributed by atoms with Gasteiger partial charge in [-0.1, -0.05) is 37.6 Å². The van der Waals surface area contributed by atoms with E-state index in [0.29, 0.717) is 22.4 Å². The number of aromatic nitrogens is 2. The summed E-state index contributed by atoms with van der Waals surface area (Å²) in [6, 6.07) is 9.85. The van der Waals surface area contributed by atoms with Crippen LogP contribution in [0.3, 0.4) is 0 Å². The summed E-state index contributed by atoms with van der Waals surface area (Å²) in [7, 11) is 0. The van der Waals surface area contributed by atoms with Gasteiger partial charge in [0.1, 0.15) is 0 Å². The third-order valence-electron chi connectivity index (χ3n) is 3.66. The zero-order valence-electron chi connectivity index (χ0n) is 13.5. The summed E-state index contributed by atoms with van der Waals surface area (Å²) in [5, 5.41) is 9.65. The molecule has 0 saturated heterocycles. The highest BCUT2D eigenvalue weighted by Crippen LogP contribution is 2.20. The van der Waals surface area contributed by atoms with E-state index in [1.165, 1.54) is 16.9 Å². The van der Waals surface area contributed by atoms with Gasteiger partial charge in [-0.2, -0.15) is 5.10 Å². The van der Waals surface area contributed by atoms with E-state index in [2.05, 4.69) is 24.3 Å². The predicted octanol–water partition coefficient (Wildman–Crippen LogP) is 5.02. The van der Waals surface area contributed by atoms with Gasteiger partial charge in [-0.05, 0) is 40.6 Å². The van der Waals surface area contributed by atoms with E-state index >= 15 is 0 Å². The fourth-order valence-electron chi connectivity index (χ4n) is 2.33. The molecule has 3 aromatic rings. The highest BCUT2D eigenvalue weighted by Gasteiger charge is 2.10. The first kappa shape index (κ1) is 16.7. The molecule has 0 aliphatic rings. The molecule has 0 bridgehead atoms. The van der Waals surface area contributed by atoms with Crippen molar-refractivity contribution in [2.24, 2.45) is 0 Å². The maximum atomic E-state index is 12.4. The normalized spacial score (nSPS) is 11.0. The Bertz CT molecular complexity index is 836. The molecule has 0 saturated carbocycles. The molecule has 1 amide bonds. The fraction of sp³-hybridized carbons (Fsp3) is 0.222. The van der Waals surface area contributed by atoms with Crippen LogP contribution in [-0.4, -0.2) is 15.7 Å². The van der Waals surface area contributed by atoms with Crippen molar-refractivity contribution in [1.29, 1.82) is 0 Å². The van der Waals surface area contributed by atoms with Gasteiger partial charge in [0.15, 0.2) is 0 Å². The van der Waals surface area contributed by atoms with Gasteiger partial charge in [-0.15, -0.1) is 11.3 Å². The van der Waals surface area contributed by atoms with E-state index in [-0.39, 0.29) is 5.91 Å². The number of rotatable bonds is 5. The second-order valence-corrected chi connectivity index (χ2v) is 7.25. The van der Waals surface area contributed by atoms with Gasteiger partial charge >= 0.3 is 0 Å². The fourth-order valence-corrected chi connectivity index (χ4v) is 3.29. The van der Waals surface area contributed by atoms with Crippen molar-refractivity contribution in [3.8, 4) is 0 Å². The van der Waals surface area contributed by atoms with E-state index in [1.54, 1.807) is 17.1 Å². The number of carbonyl (C=O) groups excluding carboxylic acids is 1. The van der Waals surface area contributed by atoms with Crippen molar-refractivity contribution >= 4 is 34.5 Å². The number of nitrogens with one attached hydrogen (secondary N) is 1. The molecule has 1 N–H and O–H groups in total. The molecule has 2 aromatic heterocycles. The molecular weight excluding hydrogens is 342 g/mol. The van der Waals surface area contributed by atoms with Gasteiger partial charge in [0.25, 0.3) is 5.91 Å². The minimum absolute atomic E-state index is 0.0953. The highest BCUT2D eigenvalue weighted by molar-refractivity contribution is 7.12. The average molecular weight is 360 g/mol. The van der Waals surface area contributed by atoms with E-state index in [0.717, 1.165) is 11.3 Å². The molecule has 124 valence electrons. The number of halogens is 1. The minimum Gasteiger partial charge on any atom is -0.321 e. The van der Waals surface area contributed by atoms with Gasteiger partial charge < -0.3 is 5.32 Å². The molecule has 0 unspecified atom stereocenters. The van der Waals surface area contributed by atoms with Gasteiger partial charge in [0.2, 0.25) is 0 Å². The molecular formula is C18H18ClN3OS. The Balaban J connectivity index is 1.65. The monoisotopic (exact) mass is 359 g/mol. The van der Waals surface area contributed by atoms with Crippen LogP contribution in [0.4, 0.5) is 5.69 Å². The predicted molar refractivity (Wildman–Crippen MR) is 99.1 cm³/mol. The Kier molecular flexibility index (Phi) is 5.02. The lowest BCUT2D eigenvalue weighted by Crippen LogP contribution is -2.10. The number of carbonyl (C=O) groups is 1. The highest BCUT2D eigenvalue weighted by atomic mass is 35.5. The molecule has 0 fully saturated rings. The first-order valence-corrected chi connectivity index (χ1v) is 8.93. The smallest absolute Gasteiger partial charge is 0.265 e. The van der Waals surface area contributed by atoms with Gasteiger partial charge in [0, 0.05) is 11.9 Å². The number of anilines is 1. The van der Waals surface area contributed by atoms with Gasteiger partial charge in [-0.25, -0.2) is 0 Å². The van der Waals surface area contributed by atoms with E-state index in [9.17, 15) is 4.79 Å². The summed E-state index contributed by atoms with van der Waals surface area (Å²) in [6.07, 6.45) is 3.36. The van der Waals surface area contributed by atoms with Crippen molar-refractivity contribution in [3.63, 3.8) is 0 Å². The van der Waals surface area contributed by atoms with E-state index < -0.39 is 0 Å². The van der Waals surface area contributed by atoms with Crippen LogP contribution in [0.2, 0.25) is 5.02 Å². The van der Waals surface area contributed by atoms with Gasteiger partial charge in [-0.3, -0.25) is 9.48 Å². The molecule has 0 aliphatic carbocycles. The Hall–Kier alpha value is -2.11. The quantitative estimate of drug-likeness (QED) is 0.695. The molecule has 0 radical (unpaired) electrons. The summed E-state index contributed by atoms with van der Waals surface area (Å²) < 4.78 is 1.75. The molecule has 0 aliphatic heterocycles. The second kappa shape index (κ2) is 7.20. The van der Waals surface area contributed by atoms with Crippen LogP contribution in [0.5, 0.6) is 0 Å². The van der Waals surface area contributed by atoms with Crippen molar-refractivity contribution in [2.75, 3.05) is 5.32 Å². The topological polar surface area (TPSA) is 46.9 Å². The maximum absolute atomic E-state index is 12.4. The van der Waals surface area contributed by atoms with Crippen LogP contribution in [-0.2, 0) is 6.54 Å². The molecule has 3 rings (SSSR count). The number of thiophene rings is 1. The molecule has 2 heterocycles. The molecule has 24 heavy (non-hydrogen) atoms. The SMILES string of the molecule is CC(C)c1ccc(NC(=O)c2cc(Cn3cc(Cl)cn3)cs2)cc1. The Labute approximate surface area is 150 Å². The summed E-state index contributed by atoms with van der Waals surface area (Å²) in [5.74, 6) is 0.382. The number of hydrogen-bond donors (Lipinski definition) is 1. The summed E-state index contributed by atoms with van der Waals surface area (Å²) in [4.78, 5) is 13.0. The van der Waals surface area contributed by atoms with Crippen molar-refractivity contribution in [2.45, 2.75) is 26.3 Å². The Morgan fingerprint density at radius 2 is 2.08 bits per heavy atom. The molecule has 4 nitrogen and oxygen atoms in total. The zero-order chi connectivity index (χ0) is 17.1. The van der Waals surface area contributed by atoms with Crippen LogP contribution in [0.1, 0.15) is 40.6 Å². The first-order chi connectivity index (χ1) is 11.5. The van der Waals surface area contributed by atoms with Crippen molar-refractivity contribution in [1.82, 2.24) is 9.78 Å². The zero-order valence-corrected chi connectivity index (χ0v) is 15.1. The van der Waals surface area contributed by atoms with Gasteiger partial charge in [0.05, 0.1) is 22.6 Å². The van der Waals surface area contributed by atoms with Crippen LogP contribution >= 0.6 is 22.9 Å². The minimum atomic E-state index is -0.0953. The summed E-state index contributed by atoms with van der Waals surface area (Å²) in [5.41, 5.74) is 3.09. The van der Waals surface area contributed by atoms with Crippen LogP contribution in [0, 0.1) is 0 Å². The Morgan fingerprint density at radius 3 is 2.71 bits per heavy atom. The Morgan fingerprint density at radius 1 is 1.33 bits per heavy atom. The third-order valence-corrected chi connectivity index (χ3v) is 4.83. The average Bonchev–Trinajstić information content (AvgIpc) is 3.17. The van der Waals surface area contributed by atoms with E-state index in [1.807, 2.05) is 35.7 Å². The van der Waals surface area contributed by atoms with Crippen molar-refractivity contribution < 1.29 is 4.79 Å². The second-order valence-electron chi connectivity index (χ2n) is 5.91. The number of amides is 1. The van der Waals surface area contributed by atoms with E-state index in [4.69, 9.17) is 11.6 Å². The lowest BCUT2D eigenvalue weighted by atomic mass is 10.0.